The minimum atomic E-state index is 0.231. The van der Waals surface area contributed by atoms with Gasteiger partial charge in [0.15, 0.2) is 11.5 Å². The highest BCUT2D eigenvalue weighted by Crippen LogP contribution is 2.48. The highest BCUT2D eigenvalue weighted by Gasteiger charge is 2.38. The summed E-state index contributed by atoms with van der Waals surface area (Å²) in [4.78, 5) is 0. The Balaban J connectivity index is 2.52. The van der Waals surface area contributed by atoms with Gasteiger partial charge in [-0.25, -0.2) is 0 Å². The third kappa shape index (κ3) is 1.89. The van der Waals surface area contributed by atoms with E-state index < -0.39 is 0 Å². The molecular formula is C14H21NO2. The van der Waals surface area contributed by atoms with Crippen LogP contribution < -0.4 is 14.8 Å². The monoisotopic (exact) mass is 235 g/mol. The summed E-state index contributed by atoms with van der Waals surface area (Å²) in [6.07, 6.45) is 1.06. The number of methoxy groups -OCH3 is 2. The topological polar surface area (TPSA) is 30.5 Å². The number of rotatable bonds is 3. The Kier molecular flexibility index (Phi) is 3.04. The van der Waals surface area contributed by atoms with Crippen molar-refractivity contribution in [1.82, 2.24) is 5.32 Å². The van der Waals surface area contributed by atoms with E-state index in [0.29, 0.717) is 6.04 Å². The highest BCUT2D eigenvalue weighted by molar-refractivity contribution is 5.51. The second-order valence-electron chi connectivity index (χ2n) is 5.29. The quantitative estimate of drug-likeness (QED) is 0.873. The molecule has 1 aromatic rings. The Bertz CT molecular complexity index is 426. The van der Waals surface area contributed by atoms with Gasteiger partial charge in [-0.15, -0.1) is 0 Å². The molecule has 0 heterocycles. The largest absolute Gasteiger partial charge is 0.493 e. The van der Waals surface area contributed by atoms with Crippen LogP contribution in [0.5, 0.6) is 11.5 Å². The van der Waals surface area contributed by atoms with Crippen molar-refractivity contribution in [3.05, 3.63) is 23.3 Å². The van der Waals surface area contributed by atoms with Crippen molar-refractivity contribution in [2.75, 3.05) is 21.3 Å². The number of nitrogens with one attached hydrogen (secondary N) is 1. The lowest BCUT2D eigenvalue weighted by Gasteiger charge is -2.27. The minimum Gasteiger partial charge on any atom is -0.493 e. The van der Waals surface area contributed by atoms with E-state index in [2.05, 4.69) is 31.3 Å². The molecule has 1 aliphatic carbocycles. The van der Waals surface area contributed by atoms with Gasteiger partial charge in [-0.2, -0.15) is 0 Å². The molecular weight excluding hydrogens is 214 g/mol. The second kappa shape index (κ2) is 4.22. The lowest BCUT2D eigenvalue weighted by Crippen LogP contribution is -2.28. The Hall–Kier alpha value is -1.22. The zero-order valence-electron chi connectivity index (χ0n) is 11.3. The van der Waals surface area contributed by atoms with Gasteiger partial charge < -0.3 is 14.8 Å². The third-order valence-corrected chi connectivity index (χ3v) is 3.67. The number of hydrogen-bond donors (Lipinski definition) is 1. The van der Waals surface area contributed by atoms with Crippen LogP contribution in [0.1, 0.15) is 31.0 Å². The molecule has 2 rings (SSSR count). The van der Waals surface area contributed by atoms with Gasteiger partial charge in [-0.05, 0) is 42.1 Å². The molecule has 1 unspecified atom stereocenters. The van der Waals surface area contributed by atoms with Crippen LogP contribution in [0.2, 0.25) is 0 Å². The zero-order chi connectivity index (χ0) is 12.6. The summed E-state index contributed by atoms with van der Waals surface area (Å²) in [5, 5.41) is 3.40. The van der Waals surface area contributed by atoms with Gasteiger partial charge in [-0.1, -0.05) is 13.8 Å². The number of fused-ring (bicyclic) bond motifs is 1. The summed E-state index contributed by atoms with van der Waals surface area (Å²) >= 11 is 0. The van der Waals surface area contributed by atoms with Gasteiger partial charge >= 0.3 is 0 Å². The maximum atomic E-state index is 5.37. The fraction of sp³-hybridized carbons (Fsp3) is 0.571. The fourth-order valence-electron chi connectivity index (χ4n) is 2.92. The smallest absolute Gasteiger partial charge is 0.161 e. The van der Waals surface area contributed by atoms with E-state index >= 15 is 0 Å². The third-order valence-electron chi connectivity index (χ3n) is 3.67. The molecule has 1 aromatic carbocycles. The minimum absolute atomic E-state index is 0.231. The fourth-order valence-corrected chi connectivity index (χ4v) is 2.92. The van der Waals surface area contributed by atoms with Crippen LogP contribution in [-0.4, -0.2) is 21.3 Å². The molecule has 0 radical (unpaired) electrons. The van der Waals surface area contributed by atoms with Gasteiger partial charge in [0.1, 0.15) is 0 Å². The molecule has 1 aliphatic rings. The molecule has 0 saturated heterocycles. The second-order valence-corrected chi connectivity index (χ2v) is 5.29. The first-order valence-corrected chi connectivity index (χ1v) is 5.95. The lowest BCUT2D eigenvalue weighted by molar-refractivity contribution is 0.282. The summed E-state index contributed by atoms with van der Waals surface area (Å²) in [6, 6.07) is 4.58. The molecule has 3 nitrogen and oxygen atoms in total. The summed E-state index contributed by atoms with van der Waals surface area (Å²) < 4.78 is 10.7. The Labute approximate surface area is 103 Å². The SMILES string of the molecule is CNC1c2cc(OC)c(OC)cc2CC1(C)C. The van der Waals surface area contributed by atoms with Gasteiger partial charge in [0.25, 0.3) is 0 Å². The van der Waals surface area contributed by atoms with E-state index in [1.807, 2.05) is 7.05 Å². The number of hydrogen-bond acceptors (Lipinski definition) is 3. The van der Waals surface area contributed by atoms with Crippen molar-refractivity contribution in [1.29, 1.82) is 0 Å². The molecule has 0 spiro atoms. The zero-order valence-corrected chi connectivity index (χ0v) is 11.3. The van der Waals surface area contributed by atoms with Gasteiger partial charge in [0, 0.05) is 6.04 Å². The van der Waals surface area contributed by atoms with Crippen LogP contribution in [-0.2, 0) is 6.42 Å². The first kappa shape index (κ1) is 12.2. The Morgan fingerprint density at radius 1 is 1.18 bits per heavy atom. The van der Waals surface area contributed by atoms with E-state index in [-0.39, 0.29) is 5.41 Å². The first-order valence-electron chi connectivity index (χ1n) is 5.95. The number of ether oxygens (including phenoxy) is 2. The van der Waals surface area contributed by atoms with Crippen LogP contribution in [0.3, 0.4) is 0 Å². The van der Waals surface area contributed by atoms with E-state index in [1.54, 1.807) is 14.2 Å². The van der Waals surface area contributed by atoms with Gasteiger partial charge in [-0.3, -0.25) is 0 Å². The standard InChI is InChI=1S/C14H21NO2/c1-14(2)8-9-6-11(16-4)12(17-5)7-10(9)13(14)15-3/h6-7,13,15H,8H2,1-5H3. The molecule has 0 aliphatic heterocycles. The summed E-state index contributed by atoms with van der Waals surface area (Å²) in [5.41, 5.74) is 2.91. The van der Waals surface area contributed by atoms with Crippen molar-refractivity contribution >= 4 is 0 Å². The predicted molar refractivity (Wildman–Crippen MR) is 68.8 cm³/mol. The van der Waals surface area contributed by atoms with Crippen molar-refractivity contribution in [2.45, 2.75) is 26.3 Å². The van der Waals surface area contributed by atoms with Gasteiger partial charge in [0.2, 0.25) is 0 Å². The molecule has 1 atom stereocenters. The Morgan fingerprint density at radius 3 is 2.29 bits per heavy atom. The Morgan fingerprint density at radius 2 is 1.76 bits per heavy atom. The molecule has 0 aromatic heterocycles. The maximum Gasteiger partial charge on any atom is 0.161 e. The number of benzene rings is 1. The summed E-state index contributed by atoms with van der Waals surface area (Å²) in [7, 11) is 5.37. The van der Waals surface area contributed by atoms with Crippen molar-refractivity contribution in [2.24, 2.45) is 5.41 Å². The average Bonchev–Trinajstić information content (AvgIpc) is 2.55. The predicted octanol–water partition coefficient (Wildman–Crippen LogP) is 2.55. The van der Waals surface area contributed by atoms with Crippen LogP contribution in [0.4, 0.5) is 0 Å². The van der Waals surface area contributed by atoms with E-state index in [9.17, 15) is 0 Å². The molecule has 3 heteroatoms. The molecule has 94 valence electrons. The maximum absolute atomic E-state index is 5.37. The van der Waals surface area contributed by atoms with Crippen molar-refractivity contribution in [3.63, 3.8) is 0 Å². The normalized spacial score (nSPS) is 21.1. The van der Waals surface area contributed by atoms with Crippen molar-refractivity contribution < 1.29 is 9.47 Å². The average molecular weight is 235 g/mol. The molecule has 1 N–H and O–H groups in total. The van der Waals surface area contributed by atoms with E-state index in [1.165, 1.54) is 11.1 Å². The summed E-state index contributed by atoms with van der Waals surface area (Å²) in [5.74, 6) is 1.63. The molecule has 0 amide bonds. The van der Waals surface area contributed by atoms with Crippen LogP contribution in [0.25, 0.3) is 0 Å². The summed E-state index contributed by atoms with van der Waals surface area (Å²) in [6.45, 7) is 4.57. The van der Waals surface area contributed by atoms with Crippen molar-refractivity contribution in [3.8, 4) is 11.5 Å². The van der Waals surface area contributed by atoms with Crippen LogP contribution in [0.15, 0.2) is 12.1 Å². The molecule has 0 saturated carbocycles. The first-order chi connectivity index (χ1) is 8.03. The van der Waals surface area contributed by atoms with Crippen LogP contribution >= 0.6 is 0 Å². The van der Waals surface area contributed by atoms with E-state index in [4.69, 9.17) is 9.47 Å². The molecule has 0 bridgehead atoms. The molecule has 17 heavy (non-hydrogen) atoms. The molecule has 0 fully saturated rings. The van der Waals surface area contributed by atoms with E-state index in [0.717, 1.165) is 17.9 Å². The van der Waals surface area contributed by atoms with Crippen LogP contribution in [0, 0.1) is 5.41 Å². The lowest BCUT2D eigenvalue weighted by atomic mass is 9.85. The highest BCUT2D eigenvalue weighted by atomic mass is 16.5. The van der Waals surface area contributed by atoms with Gasteiger partial charge in [0.05, 0.1) is 14.2 Å².